The van der Waals surface area contributed by atoms with E-state index in [1.807, 2.05) is 13.0 Å². The summed E-state index contributed by atoms with van der Waals surface area (Å²) in [6.07, 6.45) is 0.275. The molecule has 0 saturated carbocycles. The van der Waals surface area contributed by atoms with E-state index in [-0.39, 0.29) is 35.0 Å². The Balaban J connectivity index is 1.98. The van der Waals surface area contributed by atoms with E-state index in [4.69, 9.17) is 9.84 Å². The molecule has 25 heavy (non-hydrogen) atoms. The molecule has 6 nitrogen and oxygen atoms in total. The Hall–Kier alpha value is -2.54. The number of hydrogen-bond donors (Lipinski definition) is 2. The van der Waals surface area contributed by atoms with Crippen molar-refractivity contribution in [3.63, 3.8) is 0 Å². The molecular formula is C18H20O6S. The molecule has 0 unspecified atom stereocenters. The van der Waals surface area contributed by atoms with Gasteiger partial charge in [-0.05, 0) is 50.1 Å². The van der Waals surface area contributed by atoms with Crippen LogP contribution in [0.25, 0.3) is 0 Å². The molecule has 2 N–H and O–H groups in total. The zero-order chi connectivity index (χ0) is 18.6. The van der Waals surface area contributed by atoms with E-state index in [1.54, 1.807) is 25.1 Å². The third-order valence-corrected chi connectivity index (χ3v) is 5.57. The number of benzene rings is 2. The second-order valence-electron chi connectivity index (χ2n) is 5.73. The fraction of sp³-hybridized carbons (Fsp3) is 0.278. The molecule has 0 spiro atoms. The van der Waals surface area contributed by atoms with Crippen LogP contribution in [0.2, 0.25) is 0 Å². The number of carboxylic acids is 1. The van der Waals surface area contributed by atoms with Gasteiger partial charge in [-0.2, -0.15) is 0 Å². The first-order chi connectivity index (χ1) is 11.7. The number of hydrogen-bond acceptors (Lipinski definition) is 5. The van der Waals surface area contributed by atoms with Gasteiger partial charge in [-0.3, -0.25) is 0 Å². The second-order valence-corrected chi connectivity index (χ2v) is 7.84. The minimum absolute atomic E-state index is 0.0608. The summed E-state index contributed by atoms with van der Waals surface area (Å²) < 4.78 is 30.0. The molecule has 7 heteroatoms. The maximum atomic E-state index is 12.3. The smallest absolute Gasteiger partial charge is 0.339 e. The van der Waals surface area contributed by atoms with Gasteiger partial charge in [0.05, 0.1) is 17.3 Å². The third-order valence-electron chi connectivity index (χ3n) is 3.78. The highest BCUT2D eigenvalue weighted by Crippen LogP contribution is 2.30. The van der Waals surface area contributed by atoms with Crippen molar-refractivity contribution in [3.8, 4) is 11.5 Å². The van der Waals surface area contributed by atoms with E-state index in [0.29, 0.717) is 11.3 Å². The first-order valence-corrected chi connectivity index (χ1v) is 9.35. The van der Waals surface area contributed by atoms with E-state index in [9.17, 15) is 18.3 Å². The van der Waals surface area contributed by atoms with Gasteiger partial charge in [-0.1, -0.05) is 12.1 Å². The minimum Gasteiger partial charge on any atom is -0.507 e. The first kappa shape index (κ1) is 18.8. The number of carbonyl (C=O) groups is 1. The molecule has 0 heterocycles. The summed E-state index contributed by atoms with van der Waals surface area (Å²) in [6.45, 7) is 3.51. The Morgan fingerprint density at radius 2 is 1.88 bits per heavy atom. The Bertz CT molecular complexity index is 886. The van der Waals surface area contributed by atoms with Crippen LogP contribution in [-0.4, -0.2) is 37.0 Å². The van der Waals surface area contributed by atoms with Crippen LogP contribution >= 0.6 is 0 Å². The van der Waals surface area contributed by atoms with E-state index in [0.717, 1.165) is 5.56 Å². The van der Waals surface area contributed by atoms with Crippen LogP contribution in [0, 0.1) is 13.8 Å². The summed E-state index contributed by atoms with van der Waals surface area (Å²) >= 11 is 0. The number of phenols is 1. The molecule has 0 aliphatic heterocycles. The zero-order valence-corrected chi connectivity index (χ0v) is 14.8. The van der Waals surface area contributed by atoms with Crippen molar-refractivity contribution in [1.82, 2.24) is 0 Å². The maximum Gasteiger partial charge on any atom is 0.339 e. The molecule has 0 radical (unpaired) electrons. The number of rotatable bonds is 7. The van der Waals surface area contributed by atoms with Gasteiger partial charge in [-0.15, -0.1) is 0 Å². The van der Waals surface area contributed by atoms with Gasteiger partial charge < -0.3 is 14.9 Å². The van der Waals surface area contributed by atoms with Crippen molar-refractivity contribution < 1.29 is 28.2 Å². The van der Waals surface area contributed by atoms with Crippen LogP contribution in [0.1, 0.15) is 27.9 Å². The zero-order valence-electron chi connectivity index (χ0n) is 14.0. The Morgan fingerprint density at radius 3 is 2.52 bits per heavy atom. The highest BCUT2D eigenvalue weighted by atomic mass is 32.2. The summed E-state index contributed by atoms with van der Waals surface area (Å²) in [7, 11) is -3.38. The predicted octanol–water partition coefficient (Wildman–Crippen LogP) is 2.95. The third kappa shape index (κ3) is 4.51. The average Bonchev–Trinajstić information content (AvgIpc) is 2.55. The molecule has 0 amide bonds. The van der Waals surface area contributed by atoms with Crippen LogP contribution in [0.15, 0.2) is 41.3 Å². The molecule has 2 aromatic carbocycles. The van der Waals surface area contributed by atoms with Gasteiger partial charge in [0.1, 0.15) is 17.1 Å². The van der Waals surface area contributed by atoms with Gasteiger partial charge in [-0.25, -0.2) is 13.2 Å². The molecule has 2 rings (SSSR count). The molecule has 0 aliphatic rings. The van der Waals surface area contributed by atoms with Crippen molar-refractivity contribution in [1.29, 1.82) is 0 Å². The van der Waals surface area contributed by atoms with E-state index >= 15 is 0 Å². The van der Waals surface area contributed by atoms with Gasteiger partial charge in [0, 0.05) is 5.56 Å². The molecule has 0 bridgehead atoms. The van der Waals surface area contributed by atoms with Crippen LogP contribution in [-0.2, 0) is 9.84 Å². The van der Waals surface area contributed by atoms with Crippen LogP contribution in [0.5, 0.6) is 11.5 Å². The molecular weight excluding hydrogens is 344 g/mol. The SMILES string of the molecule is Cc1cccc(S(=O)(=O)CCCOc2ccc(C(=O)O)c(O)c2C)c1. The van der Waals surface area contributed by atoms with Gasteiger partial charge in [0.15, 0.2) is 9.84 Å². The molecule has 0 atom stereocenters. The number of aromatic carboxylic acids is 1. The van der Waals surface area contributed by atoms with Crippen molar-refractivity contribution in [2.75, 3.05) is 12.4 Å². The van der Waals surface area contributed by atoms with Gasteiger partial charge in [0.25, 0.3) is 0 Å². The lowest BCUT2D eigenvalue weighted by Gasteiger charge is -2.12. The molecule has 0 saturated heterocycles. The lowest BCUT2D eigenvalue weighted by Crippen LogP contribution is -2.11. The van der Waals surface area contributed by atoms with Gasteiger partial charge >= 0.3 is 5.97 Å². The number of carboxylic acid groups (broad SMARTS) is 1. The standard InChI is InChI=1S/C18H20O6S/c1-12-5-3-6-14(11-12)25(22,23)10-4-9-24-16-8-7-15(18(20)21)17(19)13(16)2/h3,5-8,11,19H,4,9-10H2,1-2H3,(H,20,21). The average molecular weight is 364 g/mol. The molecule has 0 aromatic heterocycles. The van der Waals surface area contributed by atoms with E-state index in [2.05, 4.69) is 0 Å². The van der Waals surface area contributed by atoms with E-state index in [1.165, 1.54) is 12.1 Å². The quantitative estimate of drug-likeness (QED) is 0.733. The fourth-order valence-electron chi connectivity index (χ4n) is 2.37. The van der Waals surface area contributed by atoms with Crippen molar-refractivity contribution in [3.05, 3.63) is 53.1 Å². The molecule has 2 aromatic rings. The van der Waals surface area contributed by atoms with Crippen molar-refractivity contribution >= 4 is 15.8 Å². The summed E-state index contributed by atoms with van der Waals surface area (Å²) in [5, 5.41) is 18.8. The number of aryl methyl sites for hydroxylation is 1. The molecule has 0 fully saturated rings. The molecule has 134 valence electrons. The maximum absolute atomic E-state index is 12.3. The highest BCUT2D eigenvalue weighted by molar-refractivity contribution is 7.91. The Morgan fingerprint density at radius 1 is 1.16 bits per heavy atom. The predicted molar refractivity (Wildman–Crippen MR) is 93.1 cm³/mol. The van der Waals surface area contributed by atoms with Gasteiger partial charge in [0.2, 0.25) is 0 Å². The first-order valence-electron chi connectivity index (χ1n) is 7.70. The van der Waals surface area contributed by atoms with Crippen LogP contribution in [0.3, 0.4) is 0 Å². The second kappa shape index (κ2) is 7.57. The number of ether oxygens (including phenoxy) is 1. The van der Waals surface area contributed by atoms with Crippen LogP contribution in [0.4, 0.5) is 0 Å². The fourth-order valence-corrected chi connectivity index (χ4v) is 3.75. The summed E-state index contributed by atoms with van der Waals surface area (Å²) in [5.74, 6) is -1.31. The van der Waals surface area contributed by atoms with E-state index < -0.39 is 15.8 Å². The van der Waals surface area contributed by atoms with Crippen molar-refractivity contribution in [2.45, 2.75) is 25.2 Å². The minimum atomic E-state index is -3.38. The Kier molecular flexibility index (Phi) is 5.69. The monoisotopic (exact) mass is 364 g/mol. The summed E-state index contributed by atoms with van der Waals surface area (Å²) in [5.41, 5.74) is 0.982. The summed E-state index contributed by atoms with van der Waals surface area (Å²) in [4.78, 5) is 11.2. The highest BCUT2D eigenvalue weighted by Gasteiger charge is 2.16. The number of aromatic hydroxyl groups is 1. The largest absolute Gasteiger partial charge is 0.507 e. The molecule has 0 aliphatic carbocycles. The Labute approximate surface area is 146 Å². The van der Waals surface area contributed by atoms with Crippen molar-refractivity contribution in [2.24, 2.45) is 0 Å². The lowest BCUT2D eigenvalue weighted by atomic mass is 10.1. The van der Waals surface area contributed by atoms with Crippen LogP contribution < -0.4 is 4.74 Å². The normalized spacial score (nSPS) is 11.3. The topological polar surface area (TPSA) is 101 Å². The summed E-state index contributed by atoms with van der Waals surface area (Å²) in [6, 6.07) is 9.43. The lowest BCUT2D eigenvalue weighted by molar-refractivity contribution is 0.0693. The number of sulfone groups is 1.